The number of nitrogens with one attached hydrogen (secondary N) is 1. The highest BCUT2D eigenvalue weighted by atomic mass is 35.5. The summed E-state index contributed by atoms with van der Waals surface area (Å²) >= 11 is 5.95. The topological polar surface area (TPSA) is 84.7 Å². The Kier molecular flexibility index (Phi) is 6.46. The molecule has 166 valence electrons. The van der Waals surface area contributed by atoms with Crippen LogP contribution < -0.4 is 10.1 Å². The Bertz CT molecular complexity index is 1130. The van der Waals surface area contributed by atoms with Crippen LogP contribution in [0.4, 0.5) is 5.69 Å². The van der Waals surface area contributed by atoms with Crippen molar-refractivity contribution in [2.45, 2.75) is 32.2 Å². The molecular weight excluding hydrogens is 430 g/mol. The van der Waals surface area contributed by atoms with E-state index >= 15 is 0 Å². The summed E-state index contributed by atoms with van der Waals surface area (Å²) < 4.78 is 10.7. The first-order valence-corrected chi connectivity index (χ1v) is 10.8. The molecule has 1 atom stereocenters. The highest BCUT2D eigenvalue weighted by Crippen LogP contribution is 2.33. The van der Waals surface area contributed by atoms with Gasteiger partial charge in [-0.2, -0.15) is 0 Å². The van der Waals surface area contributed by atoms with E-state index in [1.807, 2.05) is 13.0 Å². The molecule has 1 aliphatic rings. The van der Waals surface area contributed by atoms with Crippen LogP contribution in [0.15, 0.2) is 53.1 Å². The number of carbonyl (C=O) groups excluding carboxylic acids is 2. The van der Waals surface area contributed by atoms with Gasteiger partial charge in [0.15, 0.2) is 11.5 Å². The zero-order chi connectivity index (χ0) is 22.7. The van der Waals surface area contributed by atoms with Gasteiger partial charge in [0.1, 0.15) is 5.75 Å². The minimum Gasteiger partial charge on any atom is -0.497 e. The second-order valence-electron chi connectivity index (χ2n) is 7.77. The van der Waals surface area contributed by atoms with Crippen molar-refractivity contribution in [3.05, 3.63) is 76.1 Å². The number of benzene rings is 2. The molecule has 0 aliphatic carbocycles. The van der Waals surface area contributed by atoms with E-state index in [9.17, 15) is 9.59 Å². The minimum absolute atomic E-state index is 0.0948. The SMILES string of the molecule is COc1ccc(NC(=O)c2cc(C3CCCCN3C(=O)c3ccc(Cl)cc3)on2)c(C)c1. The van der Waals surface area contributed by atoms with Gasteiger partial charge in [0.05, 0.1) is 13.2 Å². The van der Waals surface area contributed by atoms with Crippen LogP contribution in [-0.4, -0.2) is 35.5 Å². The van der Waals surface area contributed by atoms with Gasteiger partial charge in [0.2, 0.25) is 0 Å². The number of carbonyl (C=O) groups is 2. The fourth-order valence-electron chi connectivity index (χ4n) is 3.87. The lowest BCUT2D eigenvalue weighted by atomic mass is 9.98. The fraction of sp³-hybridized carbons (Fsp3) is 0.292. The maximum atomic E-state index is 13.1. The molecule has 32 heavy (non-hydrogen) atoms. The molecule has 4 rings (SSSR count). The Morgan fingerprint density at radius 2 is 1.94 bits per heavy atom. The number of halogens is 1. The number of anilines is 1. The molecule has 0 radical (unpaired) electrons. The maximum Gasteiger partial charge on any atom is 0.277 e. The predicted octanol–water partition coefficient (Wildman–Crippen LogP) is 5.26. The van der Waals surface area contributed by atoms with Crippen molar-refractivity contribution in [3.8, 4) is 5.75 Å². The van der Waals surface area contributed by atoms with Crippen LogP contribution in [0.25, 0.3) is 0 Å². The third-order valence-electron chi connectivity index (χ3n) is 5.63. The first-order chi connectivity index (χ1) is 15.5. The van der Waals surface area contributed by atoms with Crippen LogP contribution in [0.2, 0.25) is 5.02 Å². The number of ether oxygens (including phenoxy) is 1. The predicted molar refractivity (Wildman–Crippen MR) is 121 cm³/mol. The summed E-state index contributed by atoms with van der Waals surface area (Å²) in [5.74, 6) is 0.748. The average molecular weight is 454 g/mol. The van der Waals surface area contributed by atoms with E-state index < -0.39 is 0 Å². The van der Waals surface area contributed by atoms with Crippen LogP contribution in [-0.2, 0) is 0 Å². The zero-order valence-electron chi connectivity index (χ0n) is 17.9. The maximum absolute atomic E-state index is 13.1. The lowest BCUT2D eigenvalue weighted by molar-refractivity contribution is 0.0570. The first kappa shape index (κ1) is 21.9. The third-order valence-corrected chi connectivity index (χ3v) is 5.88. The van der Waals surface area contributed by atoms with Crippen molar-refractivity contribution >= 4 is 29.1 Å². The Balaban J connectivity index is 1.51. The van der Waals surface area contributed by atoms with Crippen molar-refractivity contribution in [1.82, 2.24) is 10.1 Å². The van der Waals surface area contributed by atoms with E-state index in [0.29, 0.717) is 34.3 Å². The molecule has 8 heteroatoms. The van der Waals surface area contributed by atoms with Gasteiger partial charge in [-0.1, -0.05) is 16.8 Å². The van der Waals surface area contributed by atoms with E-state index in [-0.39, 0.29) is 23.6 Å². The van der Waals surface area contributed by atoms with Crippen molar-refractivity contribution in [3.63, 3.8) is 0 Å². The van der Waals surface area contributed by atoms with E-state index in [2.05, 4.69) is 10.5 Å². The van der Waals surface area contributed by atoms with Gasteiger partial charge in [0.25, 0.3) is 11.8 Å². The molecule has 1 saturated heterocycles. The molecule has 0 spiro atoms. The van der Waals surface area contributed by atoms with Gasteiger partial charge in [0, 0.05) is 28.9 Å². The monoisotopic (exact) mass is 453 g/mol. The molecule has 7 nitrogen and oxygen atoms in total. The molecule has 0 bridgehead atoms. The van der Waals surface area contributed by atoms with Gasteiger partial charge >= 0.3 is 0 Å². The Labute approximate surface area is 191 Å². The van der Waals surface area contributed by atoms with E-state index in [0.717, 1.165) is 24.8 Å². The quantitative estimate of drug-likeness (QED) is 0.569. The number of piperidine rings is 1. The van der Waals surface area contributed by atoms with Crippen molar-refractivity contribution in [2.75, 3.05) is 19.0 Å². The van der Waals surface area contributed by atoms with Crippen LogP contribution in [0.3, 0.4) is 0 Å². The largest absolute Gasteiger partial charge is 0.497 e. The molecular formula is C24H24ClN3O4. The molecule has 3 aromatic rings. The zero-order valence-corrected chi connectivity index (χ0v) is 18.7. The number of amides is 2. The first-order valence-electron chi connectivity index (χ1n) is 10.5. The Hall–Kier alpha value is -3.32. The lowest BCUT2D eigenvalue weighted by Crippen LogP contribution is -2.38. The summed E-state index contributed by atoms with van der Waals surface area (Å²) in [5, 5.41) is 7.39. The van der Waals surface area contributed by atoms with Gasteiger partial charge in [-0.25, -0.2) is 0 Å². The number of aromatic nitrogens is 1. The van der Waals surface area contributed by atoms with Crippen molar-refractivity contribution in [2.24, 2.45) is 0 Å². The summed E-state index contributed by atoms with van der Waals surface area (Å²) in [6, 6.07) is 13.6. The lowest BCUT2D eigenvalue weighted by Gasteiger charge is -2.34. The van der Waals surface area contributed by atoms with E-state index in [1.54, 1.807) is 54.5 Å². The Morgan fingerprint density at radius 3 is 2.66 bits per heavy atom. The van der Waals surface area contributed by atoms with Gasteiger partial charge in [-0.15, -0.1) is 0 Å². The molecule has 2 heterocycles. The van der Waals surface area contributed by atoms with Gasteiger partial charge in [-0.05, 0) is 74.2 Å². The van der Waals surface area contributed by atoms with E-state index in [4.69, 9.17) is 20.9 Å². The normalized spacial score (nSPS) is 16.0. The summed E-state index contributed by atoms with van der Waals surface area (Å²) in [6.45, 7) is 2.49. The summed E-state index contributed by atoms with van der Waals surface area (Å²) in [5.41, 5.74) is 2.26. The summed E-state index contributed by atoms with van der Waals surface area (Å²) in [4.78, 5) is 27.6. The second kappa shape index (κ2) is 9.44. The second-order valence-corrected chi connectivity index (χ2v) is 8.20. The molecule has 0 saturated carbocycles. The molecule has 1 N–H and O–H groups in total. The Morgan fingerprint density at radius 1 is 1.16 bits per heavy atom. The van der Waals surface area contributed by atoms with Crippen LogP contribution in [0.5, 0.6) is 5.75 Å². The third kappa shape index (κ3) is 4.62. The molecule has 1 aromatic heterocycles. The van der Waals surface area contributed by atoms with Gasteiger partial charge < -0.3 is 19.5 Å². The van der Waals surface area contributed by atoms with Crippen LogP contribution >= 0.6 is 11.6 Å². The van der Waals surface area contributed by atoms with E-state index in [1.165, 1.54) is 0 Å². The number of hydrogen-bond acceptors (Lipinski definition) is 5. The molecule has 1 fully saturated rings. The number of hydrogen-bond donors (Lipinski definition) is 1. The van der Waals surface area contributed by atoms with Crippen molar-refractivity contribution in [1.29, 1.82) is 0 Å². The summed E-state index contributed by atoms with van der Waals surface area (Å²) in [6.07, 6.45) is 2.61. The summed E-state index contributed by atoms with van der Waals surface area (Å²) in [7, 11) is 1.59. The molecule has 1 unspecified atom stereocenters. The smallest absolute Gasteiger partial charge is 0.277 e. The number of likely N-dealkylation sites (tertiary alicyclic amines) is 1. The van der Waals surface area contributed by atoms with Crippen molar-refractivity contribution < 1.29 is 18.8 Å². The standard InChI is InChI=1S/C24H24ClN3O4/c1-15-13-18(31-2)10-11-19(15)26-23(29)20-14-22(32-27-20)21-5-3-4-12-28(21)24(30)16-6-8-17(25)9-7-16/h6-11,13-14,21H,3-5,12H2,1-2H3,(H,26,29). The molecule has 2 amide bonds. The minimum atomic E-state index is -0.375. The number of rotatable bonds is 5. The number of nitrogens with zero attached hydrogens (tertiary/aromatic N) is 2. The highest BCUT2D eigenvalue weighted by Gasteiger charge is 2.32. The number of methoxy groups -OCH3 is 1. The average Bonchev–Trinajstić information content (AvgIpc) is 3.31. The highest BCUT2D eigenvalue weighted by molar-refractivity contribution is 6.30. The number of aryl methyl sites for hydroxylation is 1. The molecule has 2 aromatic carbocycles. The fourth-order valence-corrected chi connectivity index (χ4v) is 4.00. The van der Waals surface area contributed by atoms with Crippen LogP contribution in [0.1, 0.15) is 57.5 Å². The van der Waals surface area contributed by atoms with Gasteiger partial charge in [-0.3, -0.25) is 9.59 Å². The van der Waals surface area contributed by atoms with Crippen LogP contribution in [0, 0.1) is 6.92 Å². The molecule has 1 aliphatic heterocycles.